The second-order valence-electron chi connectivity index (χ2n) is 3.40. The van der Waals surface area contributed by atoms with E-state index in [0.29, 0.717) is 5.56 Å². The molecule has 16 heavy (non-hydrogen) atoms. The first-order chi connectivity index (χ1) is 7.54. The highest BCUT2D eigenvalue weighted by Gasteiger charge is 2.12. The molecule has 0 bridgehead atoms. The molecule has 0 unspecified atom stereocenters. The van der Waals surface area contributed by atoms with Crippen LogP contribution >= 0.6 is 0 Å². The lowest BCUT2D eigenvalue weighted by atomic mass is 10.0. The van der Waals surface area contributed by atoms with Gasteiger partial charge < -0.3 is 10.8 Å². The zero-order valence-electron chi connectivity index (χ0n) is 8.52. The van der Waals surface area contributed by atoms with Crippen LogP contribution in [-0.4, -0.2) is 29.6 Å². The summed E-state index contributed by atoms with van der Waals surface area (Å²) in [4.78, 5) is 21.5. The first-order valence-electron chi connectivity index (χ1n) is 4.71. The van der Waals surface area contributed by atoms with Gasteiger partial charge in [-0.15, -0.1) is 0 Å². The number of carbonyl (C=O) groups is 2. The molecule has 86 valence electrons. The zero-order valence-corrected chi connectivity index (χ0v) is 8.52. The minimum Gasteiger partial charge on any atom is -0.480 e. The Morgan fingerprint density at radius 1 is 1.31 bits per heavy atom. The lowest BCUT2D eigenvalue weighted by Gasteiger charge is -2.06. The molecular formula is C11H12FNO3. The molecule has 1 aromatic rings. The first-order valence-corrected chi connectivity index (χ1v) is 4.71. The molecule has 0 amide bonds. The molecule has 0 saturated carbocycles. The number of carboxylic acids is 1. The molecule has 3 N–H and O–H groups in total. The maximum absolute atomic E-state index is 12.0. The highest BCUT2D eigenvalue weighted by Crippen LogP contribution is 2.07. The number of alkyl halides is 1. The van der Waals surface area contributed by atoms with E-state index in [9.17, 15) is 14.0 Å². The second-order valence-corrected chi connectivity index (χ2v) is 3.40. The number of nitrogens with two attached hydrogens (primary N) is 1. The Labute approximate surface area is 91.9 Å². The minimum absolute atomic E-state index is 0.180. The Bertz CT molecular complexity index is 389. The summed E-state index contributed by atoms with van der Waals surface area (Å²) >= 11 is 0. The van der Waals surface area contributed by atoms with Crippen LogP contribution < -0.4 is 5.73 Å². The summed E-state index contributed by atoms with van der Waals surface area (Å²) in [5.74, 6) is -1.67. The Balaban J connectivity index is 2.72. The fourth-order valence-electron chi connectivity index (χ4n) is 1.25. The fraction of sp³-hybridized carbons (Fsp3) is 0.273. The van der Waals surface area contributed by atoms with Gasteiger partial charge in [0.05, 0.1) is 0 Å². The highest BCUT2D eigenvalue weighted by atomic mass is 19.1. The van der Waals surface area contributed by atoms with Crippen LogP contribution in [0.25, 0.3) is 0 Å². The van der Waals surface area contributed by atoms with Crippen LogP contribution in [0.2, 0.25) is 0 Å². The van der Waals surface area contributed by atoms with Gasteiger partial charge in [-0.25, -0.2) is 4.39 Å². The van der Waals surface area contributed by atoms with Gasteiger partial charge in [-0.1, -0.05) is 24.3 Å². The molecule has 0 heterocycles. The lowest BCUT2D eigenvalue weighted by Crippen LogP contribution is -2.32. The van der Waals surface area contributed by atoms with Crippen LogP contribution in [-0.2, 0) is 11.2 Å². The van der Waals surface area contributed by atoms with Crippen molar-refractivity contribution in [2.24, 2.45) is 5.73 Å². The van der Waals surface area contributed by atoms with Crippen LogP contribution in [0, 0.1) is 0 Å². The van der Waals surface area contributed by atoms with Gasteiger partial charge in [0.25, 0.3) is 0 Å². The lowest BCUT2D eigenvalue weighted by molar-refractivity contribution is -0.138. The number of carbonyl (C=O) groups excluding carboxylic acids is 1. The number of benzene rings is 1. The number of carboxylic acid groups (broad SMARTS) is 1. The molecule has 4 nitrogen and oxygen atoms in total. The van der Waals surface area contributed by atoms with Crippen LogP contribution in [0.3, 0.4) is 0 Å². The fourth-order valence-corrected chi connectivity index (χ4v) is 1.25. The van der Waals surface area contributed by atoms with E-state index in [0.717, 1.165) is 0 Å². The van der Waals surface area contributed by atoms with Crippen molar-refractivity contribution in [3.8, 4) is 0 Å². The molecule has 0 aliphatic rings. The van der Waals surface area contributed by atoms with Crippen LogP contribution in [0.1, 0.15) is 15.9 Å². The number of hydrogen-bond donors (Lipinski definition) is 2. The molecule has 0 aliphatic carbocycles. The molecule has 0 aliphatic heterocycles. The summed E-state index contributed by atoms with van der Waals surface area (Å²) in [7, 11) is 0. The normalized spacial score (nSPS) is 12.1. The summed E-state index contributed by atoms with van der Waals surface area (Å²) in [5, 5.41) is 8.60. The SMILES string of the molecule is N[C@@H](Cc1ccc(C(=O)CF)cc1)C(=O)O. The predicted octanol–water partition coefficient (Wildman–Crippen LogP) is 0.793. The first kappa shape index (κ1) is 12.3. The third kappa shape index (κ3) is 3.13. The van der Waals surface area contributed by atoms with E-state index in [4.69, 9.17) is 10.8 Å². The third-order valence-electron chi connectivity index (χ3n) is 2.17. The number of aliphatic carboxylic acids is 1. The topological polar surface area (TPSA) is 80.4 Å². The number of halogens is 1. The number of hydrogen-bond acceptors (Lipinski definition) is 3. The standard InChI is InChI=1S/C11H12FNO3/c12-6-10(14)8-3-1-7(2-4-8)5-9(13)11(15)16/h1-4,9H,5-6,13H2,(H,15,16)/t9-/m0/s1. The van der Waals surface area contributed by atoms with Crippen molar-refractivity contribution in [2.75, 3.05) is 6.67 Å². The average molecular weight is 225 g/mol. The Hall–Kier alpha value is -1.75. The summed E-state index contributed by atoms with van der Waals surface area (Å²) in [6, 6.07) is 5.11. The van der Waals surface area contributed by atoms with Crippen molar-refractivity contribution >= 4 is 11.8 Å². The molecule has 0 fully saturated rings. The quantitative estimate of drug-likeness (QED) is 0.726. The highest BCUT2D eigenvalue weighted by molar-refractivity contribution is 5.96. The monoisotopic (exact) mass is 225 g/mol. The van der Waals surface area contributed by atoms with Gasteiger partial charge in [-0.05, 0) is 12.0 Å². The molecule has 1 aromatic carbocycles. The van der Waals surface area contributed by atoms with Gasteiger partial charge in [0.1, 0.15) is 6.04 Å². The predicted molar refractivity (Wildman–Crippen MR) is 56.1 cm³/mol. The molecule has 1 atom stereocenters. The molecule has 1 rings (SSSR count). The number of Topliss-reactive ketones (excluding diaryl/α,β-unsaturated/α-hetero) is 1. The minimum atomic E-state index is -1.08. The molecular weight excluding hydrogens is 213 g/mol. The zero-order chi connectivity index (χ0) is 12.1. The summed E-state index contributed by atoms with van der Waals surface area (Å²) < 4.78 is 12.0. The molecule has 0 radical (unpaired) electrons. The Morgan fingerprint density at radius 2 is 1.88 bits per heavy atom. The average Bonchev–Trinajstić information content (AvgIpc) is 2.28. The van der Waals surface area contributed by atoms with Gasteiger partial charge in [0, 0.05) is 5.56 Å². The van der Waals surface area contributed by atoms with Crippen molar-refractivity contribution in [1.29, 1.82) is 0 Å². The van der Waals surface area contributed by atoms with E-state index in [1.807, 2.05) is 0 Å². The largest absolute Gasteiger partial charge is 0.480 e. The van der Waals surface area contributed by atoms with Crippen molar-refractivity contribution in [1.82, 2.24) is 0 Å². The Kier molecular flexibility index (Phi) is 4.13. The smallest absolute Gasteiger partial charge is 0.320 e. The van der Waals surface area contributed by atoms with Crippen LogP contribution in [0.4, 0.5) is 4.39 Å². The van der Waals surface area contributed by atoms with Crippen molar-refractivity contribution < 1.29 is 19.1 Å². The van der Waals surface area contributed by atoms with Crippen molar-refractivity contribution in [2.45, 2.75) is 12.5 Å². The van der Waals surface area contributed by atoms with Gasteiger partial charge in [-0.3, -0.25) is 9.59 Å². The van der Waals surface area contributed by atoms with E-state index in [2.05, 4.69) is 0 Å². The molecule has 0 spiro atoms. The van der Waals surface area contributed by atoms with Crippen molar-refractivity contribution in [3.05, 3.63) is 35.4 Å². The maximum atomic E-state index is 12.0. The van der Waals surface area contributed by atoms with Gasteiger partial charge >= 0.3 is 5.97 Å². The summed E-state index contributed by atoms with van der Waals surface area (Å²) in [5.41, 5.74) is 6.32. The maximum Gasteiger partial charge on any atom is 0.320 e. The molecule has 0 aromatic heterocycles. The van der Waals surface area contributed by atoms with Gasteiger partial charge in [0.15, 0.2) is 12.5 Å². The van der Waals surface area contributed by atoms with Crippen LogP contribution in [0.5, 0.6) is 0 Å². The van der Waals surface area contributed by atoms with Gasteiger partial charge in [-0.2, -0.15) is 0 Å². The summed E-state index contributed by atoms with van der Waals surface area (Å²) in [6.07, 6.45) is 0.180. The van der Waals surface area contributed by atoms with Gasteiger partial charge in [0.2, 0.25) is 0 Å². The molecule has 0 saturated heterocycles. The number of rotatable bonds is 5. The van der Waals surface area contributed by atoms with E-state index < -0.39 is 24.5 Å². The Morgan fingerprint density at radius 3 is 2.31 bits per heavy atom. The van der Waals surface area contributed by atoms with Crippen molar-refractivity contribution in [3.63, 3.8) is 0 Å². The van der Waals surface area contributed by atoms with E-state index in [1.54, 1.807) is 12.1 Å². The third-order valence-corrected chi connectivity index (χ3v) is 2.17. The van der Waals surface area contributed by atoms with E-state index in [1.165, 1.54) is 12.1 Å². The summed E-state index contributed by atoms with van der Waals surface area (Å²) in [6.45, 7) is -1.03. The van der Waals surface area contributed by atoms with E-state index >= 15 is 0 Å². The van der Waals surface area contributed by atoms with E-state index in [-0.39, 0.29) is 12.0 Å². The van der Waals surface area contributed by atoms with Crippen LogP contribution in [0.15, 0.2) is 24.3 Å². The number of ketones is 1. The second kappa shape index (κ2) is 5.37. The molecule has 5 heteroatoms.